The summed E-state index contributed by atoms with van der Waals surface area (Å²) in [6.07, 6.45) is 0. The highest BCUT2D eigenvalue weighted by Gasteiger charge is 2.10. The molecule has 0 saturated carbocycles. The third-order valence-electron chi connectivity index (χ3n) is 3.38. The molecule has 0 bridgehead atoms. The van der Waals surface area contributed by atoms with Gasteiger partial charge in [0.05, 0.1) is 5.02 Å². The second kappa shape index (κ2) is 5.72. The molecule has 0 aliphatic heterocycles. The van der Waals surface area contributed by atoms with Gasteiger partial charge in [0.15, 0.2) is 0 Å². The summed E-state index contributed by atoms with van der Waals surface area (Å²) >= 11 is 6.15. The van der Waals surface area contributed by atoms with Gasteiger partial charge >= 0.3 is 0 Å². The van der Waals surface area contributed by atoms with Gasteiger partial charge in [-0.2, -0.15) is 0 Å². The summed E-state index contributed by atoms with van der Waals surface area (Å²) in [7, 11) is 1.92. The fraction of sp³-hybridized carbons (Fsp3) is 0.250. The molecule has 3 heteroatoms. The molecular formula is C16H17ClFN. The third-order valence-corrected chi connectivity index (χ3v) is 3.69. The Morgan fingerprint density at radius 3 is 2.63 bits per heavy atom. The lowest BCUT2D eigenvalue weighted by Crippen LogP contribution is -2.12. The Hall–Kier alpha value is -1.38. The van der Waals surface area contributed by atoms with Gasteiger partial charge in [0, 0.05) is 11.6 Å². The van der Waals surface area contributed by atoms with Crippen LogP contribution in [0.15, 0.2) is 36.4 Å². The normalized spacial score (nSPS) is 12.5. The average molecular weight is 278 g/mol. The summed E-state index contributed by atoms with van der Waals surface area (Å²) in [5.74, 6) is -0.270. The average Bonchev–Trinajstić information content (AvgIpc) is 2.42. The molecule has 0 amide bonds. The summed E-state index contributed by atoms with van der Waals surface area (Å²) in [5.41, 5.74) is 3.66. The van der Waals surface area contributed by atoms with Crippen molar-refractivity contribution in [3.63, 3.8) is 0 Å². The summed E-state index contributed by atoms with van der Waals surface area (Å²) in [5, 5.41) is 3.64. The van der Waals surface area contributed by atoms with Crippen molar-refractivity contribution in [2.24, 2.45) is 0 Å². The topological polar surface area (TPSA) is 12.0 Å². The van der Waals surface area contributed by atoms with Crippen LogP contribution in [0, 0.1) is 12.7 Å². The van der Waals surface area contributed by atoms with Gasteiger partial charge in [-0.15, -0.1) is 0 Å². The van der Waals surface area contributed by atoms with Crippen LogP contribution in [0.5, 0.6) is 0 Å². The van der Waals surface area contributed by atoms with Crippen LogP contribution in [0.2, 0.25) is 5.02 Å². The van der Waals surface area contributed by atoms with E-state index in [2.05, 4.69) is 24.4 Å². The second-order valence-corrected chi connectivity index (χ2v) is 5.12. The van der Waals surface area contributed by atoms with E-state index in [0.717, 1.165) is 11.1 Å². The molecule has 0 aromatic heterocycles. The Bertz CT molecular complexity index is 595. The zero-order chi connectivity index (χ0) is 14.0. The Balaban J connectivity index is 2.50. The molecule has 0 spiro atoms. The first kappa shape index (κ1) is 14.0. The number of hydrogen-bond acceptors (Lipinski definition) is 1. The SMILES string of the molecule is CNC(C)c1cccc(-c2cc(C)c(F)cc2Cl)c1. The fourth-order valence-corrected chi connectivity index (χ4v) is 2.28. The molecule has 0 radical (unpaired) electrons. The first-order valence-corrected chi connectivity index (χ1v) is 6.64. The third kappa shape index (κ3) is 2.96. The van der Waals surface area contributed by atoms with Crippen molar-refractivity contribution >= 4 is 11.6 Å². The van der Waals surface area contributed by atoms with Gasteiger partial charge in [-0.25, -0.2) is 4.39 Å². The van der Waals surface area contributed by atoms with E-state index in [1.165, 1.54) is 11.6 Å². The van der Waals surface area contributed by atoms with E-state index < -0.39 is 0 Å². The lowest BCUT2D eigenvalue weighted by atomic mass is 9.99. The van der Waals surface area contributed by atoms with E-state index in [4.69, 9.17) is 11.6 Å². The van der Waals surface area contributed by atoms with Gasteiger partial charge in [-0.3, -0.25) is 0 Å². The molecule has 2 rings (SSSR count). The highest BCUT2D eigenvalue weighted by Crippen LogP contribution is 2.31. The van der Waals surface area contributed by atoms with Crippen LogP contribution in [-0.4, -0.2) is 7.05 Å². The van der Waals surface area contributed by atoms with E-state index in [1.54, 1.807) is 13.0 Å². The quantitative estimate of drug-likeness (QED) is 0.855. The monoisotopic (exact) mass is 277 g/mol. The summed E-state index contributed by atoms with van der Waals surface area (Å²) in [4.78, 5) is 0. The molecule has 0 fully saturated rings. The van der Waals surface area contributed by atoms with Crippen molar-refractivity contribution in [1.82, 2.24) is 5.32 Å². The van der Waals surface area contributed by atoms with Crippen LogP contribution in [0.4, 0.5) is 4.39 Å². The maximum absolute atomic E-state index is 13.4. The molecule has 1 nitrogen and oxygen atoms in total. The van der Waals surface area contributed by atoms with Crippen LogP contribution in [0.25, 0.3) is 11.1 Å². The molecule has 1 N–H and O–H groups in total. The minimum atomic E-state index is -0.270. The van der Waals surface area contributed by atoms with Crippen LogP contribution >= 0.6 is 11.6 Å². The Labute approximate surface area is 118 Å². The standard InChI is InChI=1S/C16H17ClFN/c1-10-7-14(15(17)9-16(10)18)13-6-4-5-12(8-13)11(2)19-3/h4-9,11,19H,1-3H3. The van der Waals surface area contributed by atoms with E-state index in [1.807, 2.05) is 19.2 Å². The molecule has 0 aliphatic rings. The number of hydrogen-bond donors (Lipinski definition) is 1. The highest BCUT2D eigenvalue weighted by molar-refractivity contribution is 6.33. The molecule has 2 aromatic rings. The summed E-state index contributed by atoms with van der Waals surface area (Å²) in [6.45, 7) is 3.84. The first-order valence-electron chi connectivity index (χ1n) is 6.26. The van der Waals surface area contributed by atoms with Crippen LogP contribution in [0.3, 0.4) is 0 Å². The minimum Gasteiger partial charge on any atom is -0.313 e. The van der Waals surface area contributed by atoms with Crippen molar-refractivity contribution in [2.45, 2.75) is 19.9 Å². The van der Waals surface area contributed by atoms with Gasteiger partial charge < -0.3 is 5.32 Å². The Kier molecular flexibility index (Phi) is 4.23. The van der Waals surface area contributed by atoms with Gasteiger partial charge in [0.1, 0.15) is 5.82 Å². The highest BCUT2D eigenvalue weighted by atomic mass is 35.5. The van der Waals surface area contributed by atoms with Gasteiger partial charge in [0.25, 0.3) is 0 Å². The molecular weight excluding hydrogens is 261 g/mol. The van der Waals surface area contributed by atoms with Crippen molar-refractivity contribution in [3.05, 3.63) is 58.4 Å². The van der Waals surface area contributed by atoms with E-state index in [9.17, 15) is 4.39 Å². The van der Waals surface area contributed by atoms with Gasteiger partial charge in [0.2, 0.25) is 0 Å². The summed E-state index contributed by atoms with van der Waals surface area (Å²) < 4.78 is 13.4. The Morgan fingerprint density at radius 2 is 1.95 bits per heavy atom. The Morgan fingerprint density at radius 1 is 1.21 bits per heavy atom. The van der Waals surface area contributed by atoms with Crippen LogP contribution < -0.4 is 5.32 Å². The zero-order valence-electron chi connectivity index (χ0n) is 11.3. The van der Waals surface area contributed by atoms with Crippen LogP contribution in [-0.2, 0) is 0 Å². The largest absolute Gasteiger partial charge is 0.313 e. The fourth-order valence-electron chi connectivity index (χ4n) is 2.02. The molecule has 0 saturated heterocycles. The van der Waals surface area contributed by atoms with Crippen molar-refractivity contribution in [3.8, 4) is 11.1 Å². The van der Waals surface area contributed by atoms with Crippen molar-refractivity contribution < 1.29 is 4.39 Å². The number of benzene rings is 2. The van der Waals surface area contributed by atoms with E-state index in [-0.39, 0.29) is 11.9 Å². The zero-order valence-corrected chi connectivity index (χ0v) is 12.1. The molecule has 1 unspecified atom stereocenters. The predicted octanol–water partition coefficient (Wildman–Crippen LogP) is 4.73. The number of halogens is 2. The molecule has 0 aliphatic carbocycles. The summed E-state index contributed by atoms with van der Waals surface area (Å²) in [6, 6.07) is 11.6. The maximum Gasteiger partial charge on any atom is 0.127 e. The number of aryl methyl sites for hydroxylation is 1. The minimum absolute atomic E-state index is 0.264. The first-order chi connectivity index (χ1) is 9.02. The lowest BCUT2D eigenvalue weighted by Gasteiger charge is -2.13. The van der Waals surface area contributed by atoms with Crippen molar-refractivity contribution in [1.29, 1.82) is 0 Å². The van der Waals surface area contributed by atoms with Gasteiger partial charge in [-0.05, 0) is 55.8 Å². The molecule has 19 heavy (non-hydrogen) atoms. The number of nitrogens with one attached hydrogen (secondary N) is 1. The van der Waals surface area contributed by atoms with E-state index in [0.29, 0.717) is 10.6 Å². The lowest BCUT2D eigenvalue weighted by molar-refractivity contribution is 0.619. The second-order valence-electron chi connectivity index (χ2n) is 4.72. The van der Waals surface area contributed by atoms with Gasteiger partial charge in [-0.1, -0.05) is 29.8 Å². The molecule has 100 valence electrons. The molecule has 0 heterocycles. The van der Waals surface area contributed by atoms with E-state index >= 15 is 0 Å². The molecule has 1 atom stereocenters. The number of rotatable bonds is 3. The predicted molar refractivity (Wildman–Crippen MR) is 79.1 cm³/mol. The van der Waals surface area contributed by atoms with Crippen molar-refractivity contribution in [2.75, 3.05) is 7.05 Å². The van der Waals surface area contributed by atoms with Crippen LogP contribution in [0.1, 0.15) is 24.1 Å². The molecule has 2 aromatic carbocycles. The maximum atomic E-state index is 13.4. The smallest absolute Gasteiger partial charge is 0.127 e.